The number of aliphatic hydroxyl groups excluding tert-OH is 1. The van der Waals surface area contributed by atoms with E-state index in [0.717, 1.165) is 44.9 Å². The van der Waals surface area contributed by atoms with Crippen LogP contribution in [0.3, 0.4) is 0 Å². The van der Waals surface area contributed by atoms with E-state index in [0.29, 0.717) is 29.5 Å². The summed E-state index contributed by atoms with van der Waals surface area (Å²) in [5, 5.41) is 14.3. The molecule has 5 heteroatoms. The van der Waals surface area contributed by atoms with Crippen molar-refractivity contribution >= 4 is 5.78 Å². The largest absolute Gasteiger partial charge is 0.393 e. The predicted molar refractivity (Wildman–Crippen MR) is 91.1 cm³/mol. The van der Waals surface area contributed by atoms with Crippen LogP contribution in [0.1, 0.15) is 65.2 Å². The number of carbonyl (C=O) groups is 1. The van der Waals surface area contributed by atoms with Crippen LogP contribution in [0.15, 0.2) is 5.11 Å². The lowest BCUT2D eigenvalue weighted by Crippen LogP contribution is -2.56. The molecule has 0 aromatic carbocycles. The molecule has 4 aliphatic carbocycles. The van der Waals surface area contributed by atoms with Crippen LogP contribution in [0.25, 0.3) is 10.4 Å². The van der Waals surface area contributed by atoms with Gasteiger partial charge in [-0.3, -0.25) is 4.79 Å². The third kappa shape index (κ3) is 2.10. The summed E-state index contributed by atoms with van der Waals surface area (Å²) in [5.74, 6) is 2.82. The maximum Gasteiger partial charge on any atom is 0.139 e. The quantitative estimate of drug-likeness (QED) is 0.442. The first-order valence-corrected chi connectivity index (χ1v) is 9.65. The monoisotopic (exact) mass is 331 g/mol. The number of aliphatic hydroxyl groups is 1. The number of azide groups is 1. The molecule has 4 aliphatic rings. The Morgan fingerprint density at radius 2 is 2.00 bits per heavy atom. The summed E-state index contributed by atoms with van der Waals surface area (Å²) in [4.78, 5) is 15.4. The molecule has 1 N–H and O–H groups in total. The fraction of sp³-hybridized carbons (Fsp3) is 0.947. The van der Waals surface area contributed by atoms with Crippen LogP contribution in [-0.4, -0.2) is 23.0 Å². The topological polar surface area (TPSA) is 86.1 Å². The molecule has 0 unspecified atom stereocenters. The molecule has 0 aliphatic heterocycles. The Hall–Kier alpha value is -1.06. The fourth-order valence-electron chi connectivity index (χ4n) is 7.23. The Morgan fingerprint density at radius 1 is 1.21 bits per heavy atom. The summed E-state index contributed by atoms with van der Waals surface area (Å²) in [6.07, 6.45) is 7.42. The van der Waals surface area contributed by atoms with Crippen molar-refractivity contribution in [2.45, 2.75) is 77.4 Å². The average Bonchev–Trinajstić information content (AvgIpc) is 2.85. The SMILES string of the molecule is C[C@]12C[C@H](N=[N+]=[N-])[C@H](O)C[C@@H]1CC[C@@H]1[C@@H]2CC[C@]2(C)C(=O)CC[C@@H]12. The van der Waals surface area contributed by atoms with Gasteiger partial charge in [-0.1, -0.05) is 19.0 Å². The minimum absolute atomic E-state index is 0.0806. The fourth-order valence-corrected chi connectivity index (χ4v) is 7.23. The Kier molecular flexibility index (Phi) is 3.74. The van der Waals surface area contributed by atoms with Crippen LogP contribution in [-0.2, 0) is 4.79 Å². The highest BCUT2D eigenvalue weighted by Gasteiger charge is 2.61. The Bertz CT molecular complexity index is 601. The zero-order valence-corrected chi connectivity index (χ0v) is 14.8. The van der Waals surface area contributed by atoms with Gasteiger partial charge in [0.15, 0.2) is 0 Å². The second-order valence-corrected chi connectivity index (χ2v) is 9.35. The molecular weight excluding hydrogens is 302 g/mol. The van der Waals surface area contributed by atoms with E-state index in [1.54, 1.807) is 0 Å². The van der Waals surface area contributed by atoms with Gasteiger partial charge in [0, 0.05) is 16.7 Å². The molecule has 0 heterocycles. The van der Waals surface area contributed by atoms with Gasteiger partial charge in [0.2, 0.25) is 0 Å². The maximum atomic E-state index is 12.5. The Balaban J connectivity index is 1.65. The molecule has 132 valence electrons. The summed E-state index contributed by atoms with van der Waals surface area (Å²) >= 11 is 0. The van der Waals surface area contributed by atoms with Crippen LogP contribution < -0.4 is 0 Å². The van der Waals surface area contributed by atoms with Crippen molar-refractivity contribution in [2.24, 2.45) is 39.6 Å². The summed E-state index contributed by atoms with van der Waals surface area (Å²) in [6.45, 7) is 4.59. The lowest BCUT2D eigenvalue weighted by molar-refractivity contribution is -0.144. The Labute approximate surface area is 143 Å². The molecule has 8 atom stereocenters. The average molecular weight is 331 g/mol. The number of carbonyl (C=O) groups excluding carboxylic acids is 1. The molecular formula is C19H29N3O2. The van der Waals surface area contributed by atoms with Gasteiger partial charge in [-0.25, -0.2) is 0 Å². The highest BCUT2D eigenvalue weighted by atomic mass is 16.3. The number of fused-ring (bicyclic) bond motifs is 5. The van der Waals surface area contributed by atoms with E-state index in [1.165, 1.54) is 6.42 Å². The minimum atomic E-state index is -0.488. The van der Waals surface area contributed by atoms with Gasteiger partial charge >= 0.3 is 0 Å². The van der Waals surface area contributed by atoms with Crippen molar-refractivity contribution in [3.8, 4) is 0 Å². The summed E-state index contributed by atoms with van der Waals surface area (Å²) in [6, 6.07) is -0.284. The number of hydrogen-bond donors (Lipinski definition) is 1. The Morgan fingerprint density at radius 3 is 2.75 bits per heavy atom. The first kappa shape index (κ1) is 16.4. The summed E-state index contributed by atoms with van der Waals surface area (Å²) in [7, 11) is 0. The van der Waals surface area contributed by atoms with Crippen molar-refractivity contribution in [1.82, 2.24) is 0 Å². The van der Waals surface area contributed by atoms with Gasteiger partial charge in [0.05, 0.1) is 12.1 Å². The first-order chi connectivity index (χ1) is 11.4. The van der Waals surface area contributed by atoms with Gasteiger partial charge in [0.25, 0.3) is 0 Å². The molecule has 0 bridgehead atoms. The standard InChI is InChI=1S/C19H29N3O2/c1-18-8-7-14-12(13(18)5-6-17(18)24)4-3-11-9-16(23)15(21-22-20)10-19(11,14)2/h11-16,23H,3-10H2,1-2H3/t11-,12-,13-,14-,15-,16+,18-,19-/m0/s1. The maximum absolute atomic E-state index is 12.5. The van der Waals surface area contributed by atoms with E-state index in [4.69, 9.17) is 5.53 Å². The highest BCUT2D eigenvalue weighted by Crippen LogP contribution is 2.65. The zero-order chi connectivity index (χ0) is 17.1. The molecule has 0 radical (unpaired) electrons. The molecule has 5 nitrogen and oxygen atoms in total. The van der Waals surface area contributed by atoms with Crippen molar-refractivity contribution in [1.29, 1.82) is 0 Å². The lowest BCUT2D eigenvalue weighted by Gasteiger charge is -2.60. The van der Waals surface area contributed by atoms with Crippen molar-refractivity contribution in [3.63, 3.8) is 0 Å². The molecule has 0 aromatic heterocycles. The van der Waals surface area contributed by atoms with Crippen LogP contribution in [0.2, 0.25) is 0 Å². The van der Waals surface area contributed by atoms with E-state index >= 15 is 0 Å². The molecule has 0 spiro atoms. The third-order valence-corrected chi connectivity index (χ3v) is 8.59. The van der Waals surface area contributed by atoms with Crippen LogP contribution in [0.4, 0.5) is 0 Å². The summed E-state index contributed by atoms with van der Waals surface area (Å²) < 4.78 is 0. The van der Waals surface area contributed by atoms with Crippen molar-refractivity contribution < 1.29 is 9.90 Å². The number of Topliss-reactive ketones (excluding diaryl/α,β-unsaturated/α-hetero) is 1. The zero-order valence-electron chi connectivity index (χ0n) is 14.8. The van der Waals surface area contributed by atoms with Gasteiger partial charge in [-0.2, -0.15) is 0 Å². The van der Waals surface area contributed by atoms with E-state index in [9.17, 15) is 9.90 Å². The van der Waals surface area contributed by atoms with E-state index < -0.39 is 6.10 Å². The second kappa shape index (κ2) is 5.47. The van der Waals surface area contributed by atoms with Crippen LogP contribution in [0, 0.1) is 34.5 Å². The third-order valence-electron chi connectivity index (χ3n) is 8.59. The van der Waals surface area contributed by atoms with Crippen molar-refractivity contribution in [2.75, 3.05) is 0 Å². The number of ketones is 1. The lowest BCUT2D eigenvalue weighted by atomic mass is 9.45. The van der Waals surface area contributed by atoms with Gasteiger partial charge in [-0.15, -0.1) is 0 Å². The highest BCUT2D eigenvalue weighted by molar-refractivity contribution is 5.87. The normalized spacial score (nSPS) is 53.5. The smallest absolute Gasteiger partial charge is 0.139 e. The molecule has 24 heavy (non-hydrogen) atoms. The van der Waals surface area contributed by atoms with Gasteiger partial charge in [-0.05, 0) is 79.6 Å². The number of hydrogen-bond acceptors (Lipinski definition) is 3. The van der Waals surface area contributed by atoms with Gasteiger partial charge < -0.3 is 5.11 Å². The van der Waals surface area contributed by atoms with E-state index in [2.05, 4.69) is 23.9 Å². The first-order valence-electron chi connectivity index (χ1n) is 9.65. The molecule has 0 aromatic rings. The molecule has 4 saturated carbocycles. The van der Waals surface area contributed by atoms with Crippen LogP contribution in [0.5, 0.6) is 0 Å². The minimum Gasteiger partial charge on any atom is -0.393 e. The number of nitrogens with zero attached hydrogens (tertiary/aromatic N) is 3. The van der Waals surface area contributed by atoms with E-state index in [-0.39, 0.29) is 16.9 Å². The second-order valence-electron chi connectivity index (χ2n) is 9.35. The number of rotatable bonds is 1. The molecule has 0 saturated heterocycles. The van der Waals surface area contributed by atoms with Crippen LogP contribution >= 0.6 is 0 Å². The molecule has 4 rings (SSSR count). The molecule has 4 fully saturated rings. The molecule has 0 amide bonds. The summed E-state index contributed by atoms with van der Waals surface area (Å²) in [5.41, 5.74) is 8.91. The van der Waals surface area contributed by atoms with E-state index in [1.807, 2.05) is 0 Å². The predicted octanol–water partition coefficient (Wildman–Crippen LogP) is 4.25. The van der Waals surface area contributed by atoms with Gasteiger partial charge in [0.1, 0.15) is 5.78 Å². The van der Waals surface area contributed by atoms with Crippen molar-refractivity contribution in [3.05, 3.63) is 10.4 Å².